The first kappa shape index (κ1) is 11.9. The van der Waals surface area contributed by atoms with Gasteiger partial charge in [0.25, 0.3) is 0 Å². The van der Waals surface area contributed by atoms with Gasteiger partial charge in [0, 0.05) is 11.9 Å². The fourth-order valence-electron chi connectivity index (χ4n) is 2.26. The Morgan fingerprint density at radius 3 is 3.00 bits per heavy atom. The molecule has 0 amide bonds. The molecule has 0 spiro atoms. The first-order valence-corrected chi connectivity index (χ1v) is 6.38. The minimum absolute atomic E-state index is 0.656. The molecular weight excluding hydrogens is 240 g/mol. The Hall–Kier alpha value is -2.14. The molecule has 1 aromatic carbocycles. The number of aromatic nitrogens is 3. The lowest BCUT2D eigenvalue weighted by atomic mass is 10.1. The van der Waals surface area contributed by atoms with Crippen LogP contribution in [0.4, 0.5) is 0 Å². The van der Waals surface area contributed by atoms with Gasteiger partial charge in [-0.1, -0.05) is 23.4 Å². The van der Waals surface area contributed by atoms with Crippen molar-refractivity contribution in [3.05, 3.63) is 36.2 Å². The van der Waals surface area contributed by atoms with E-state index in [4.69, 9.17) is 10.2 Å². The number of fused-ring (bicyclic) bond motifs is 1. The number of benzene rings is 1. The van der Waals surface area contributed by atoms with Gasteiger partial charge in [-0.3, -0.25) is 4.68 Å². The molecule has 0 saturated carbocycles. The molecule has 0 aliphatic heterocycles. The van der Waals surface area contributed by atoms with Gasteiger partial charge in [-0.15, -0.1) is 5.10 Å². The lowest BCUT2D eigenvalue weighted by Crippen LogP contribution is -2.06. The first-order valence-electron chi connectivity index (χ1n) is 6.38. The smallest absolute Gasteiger partial charge is 0.134 e. The minimum atomic E-state index is 0.656. The molecule has 3 rings (SSSR count). The van der Waals surface area contributed by atoms with E-state index >= 15 is 0 Å². The summed E-state index contributed by atoms with van der Waals surface area (Å²) in [5, 5.41) is 9.44. The molecule has 98 valence electrons. The second kappa shape index (κ2) is 4.85. The molecule has 0 atom stereocenters. The van der Waals surface area contributed by atoms with Gasteiger partial charge in [-0.05, 0) is 26.0 Å². The number of aryl methyl sites for hydroxylation is 2. The zero-order valence-electron chi connectivity index (χ0n) is 10.8. The number of hydrogen-bond acceptors (Lipinski definition) is 4. The largest absolute Gasteiger partial charge is 0.461 e. The van der Waals surface area contributed by atoms with Crippen molar-refractivity contribution in [2.45, 2.75) is 19.9 Å². The number of para-hydroxylation sites is 1. The van der Waals surface area contributed by atoms with E-state index in [-0.39, 0.29) is 0 Å². The van der Waals surface area contributed by atoms with Gasteiger partial charge in [0.1, 0.15) is 17.0 Å². The van der Waals surface area contributed by atoms with Crippen LogP contribution in [-0.2, 0) is 6.54 Å². The van der Waals surface area contributed by atoms with Gasteiger partial charge in [0.2, 0.25) is 0 Å². The van der Waals surface area contributed by atoms with Crippen molar-refractivity contribution in [1.82, 2.24) is 15.0 Å². The summed E-state index contributed by atoms with van der Waals surface area (Å²) in [7, 11) is 0. The van der Waals surface area contributed by atoms with Gasteiger partial charge in [-0.2, -0.15) is 0 Å². The Morgan fingerprint density at radius 1 is 1.32 bits per heavy atom. The third-order valence-electron chi connectivity index (χ3n) is 3.16. The molecule has 0 unspecified atom stereocenters. The molecule has 0 bridgehead atoms. The van der Waals surface area contributed by atoms with Crippen LogP contribution in [0.3, 0.4) is 0 Å². The highest BCUT2D eigenvalue weighted by Crippen LogP contribution is 2.32. The molecule has 0 aliphatic carbocycles. The lowest BCUT2D eigenvalue weighted by Gasteiger charge is -1.96. The van der Waals surface area contributed by atoms with Crippen LogP contribution >= 0.6 is 0 Å². The van der Waals surface area contributed by atoms with Crippen molar-refractivity contribution in [3.8, 4) is 11.3 Å². The fourth-order valence-corrected chi connectivity index (χ4v) is 2.26. The summed E-state index contributed by atoms with van der Waals surface area (Å²) < 4.78 is 7.57. The van der Waals surface area contributed by atoms with Gasteiger partial charge < -0.3 is 10.2 Å². The molecule has 2 heterocycles. The topological polar surface area (TPSA) is 69.9 Å². The number of rotatable bonds is 4. The third-order valence-corrected chi connectivity index (χ3v) is 3.16. The van der Waals surface area contributed by atoms with Crippen LogP contribution in [0.15, 0.2) is 34.9 Å². The molecular formula is C14H16N4O. The molecule has 0 fully saturated rings. The molecule has 5 nitrogen and oxygen atoms in total. The van der Waals surface area contributed by atoms with Crippen LogP contribution in [0.2, 0.25) is 0 Å². The SMILES string of the molecule is Cc1oc2ccccc2c1-c1cn(CCCN)nn1. The monoisotopic (exact) mass is 256 g/mol. The Morgan fingerprint density at radius 2 is 2.16 bits per heavy atom. The molecule has 5 heteroatoms. The Kier molecular flexibility index (Phi) is 3.05. The van der Waals surface area contributed by atoms with Crippen LogP contribution in [0, 0.1) is 6.92 Å². The standard InChI is InChI=1S/C14H16N4O/c1-10-14(11-5-2-3-6-13(11)19-10)12-9-18(17-16-12)8-4-7-15/h2-3,5-6,9H,4,7-8,15H2,1H3. The van der Waals surface area contributed by atoms with E-state index in [1.165, 1.54) is 0 Å². The molecule has 3 aromatic rings. The van der Waals surface area contributed by atoms with E-state index in [1.807, 2.05) is 42.1 Å². The second-order valence-electron chi connectivity index (χ2n) is 4.54. The summed E-state index contributed by atoms with van der Waals surface area (Å²) in [6.07, 6.45) is 2.84. The highest BCUT2D eigenvalue weighted by Gasteiger charge is 2.15. The maximum absolute atomic E-state index is 5.75. The van der Waals surface area contributed by atoms with E-state index in [2.05, 4.69) is 10.3 Å². The van der Waals surface area contributed by atoms with Gasteiger partial charge in [0.05, 0.1) is 11.8 Å². The van der Waals surface area contributed by atoms with Gasteiger partial charge in [0.15, 0.2) is 0 Å². The molecule has 2 aromatic heterocycles. The van der Waals surface area contributed by atoms with E-state index in [0.717, 1.165) is 41.0 Å². The zero-order valence-corrected chi connectivity index (χ0v) is 10.8. The van der Waals surface area contributed by atoms with Crippen molar-refractivity contribution < 1.29 is 4.42 Å². The van der Waals surface area contributed by atoms with Crippen molar-refractivity contribution in [2.24, 2.45) is 5.73 Å². The average molecular weight is 256 g/mol. The lowest BCUT2D eigenvalue weighted by molar-refractivity contribution is 0.564. The molecule has 2 N–H and O–H groups in total. The first-order chi connectivity index (χ1) is 9.29. The quantitative estimate of drug-likeness (QED) is 0.778. The molecule has 0 radical (unpaired) electrons. The van der Waals surface area contributed by atoms with Gasteiger partial charge >= 0.3 is 0 Å². The van der Waals surface area contributed by atoms with E-state index < -0.39 is 0 Å². The van der Waals surface area contributed by atoms with Crippen molar-refractivity contribution in [2.75, 3.05) is 6.54 Å². The normalized spacial score (nSPS) is 11.3. The Balaban J connectivity index is 2.04. The van der Waals surface area contributed by atoms with Crippen molar-refractivity contribution in [1.29, 1.82) is 0 Å². The maximum Gasteiger partial charge on any atom is 0.134 e. The molecule has 19 heavy (non-hydrogen) atoms. The summed E-state index contributed by atoms with van der Waals surface area (Å²) in [5.74, 6) is 0.868. The third kappa shape index (κ3) is 2.13. The predicted octanol–water partition coefficient (Wildman–Crippen LogP) is 2.35. The summed E-state index contributed by atoms with van der Waals surface area (Å²) in [6, 6.07) is 7.97. The number of furan rings is 1. The Bertz CT molecular complexity index is 698. The van der Waals surface area contributed by atoms with Gasteiger partial charge in [-0.25, -0.2) is 0 Å². The van der Waals surface area contributed by atoms with Crippen LogP contribution in [-0.4, -0.2) is 21.5 Å². The van der Waals surface area contributed by atoms with Crippen LogP contribution in [0.5, 0.6) is 0 Å². The minimum Gasteiger partial charge on any atom is -0.461 e. The fraction of sp³-hybridized carbons (Fsp3) is 0.286. The summed E-state index contributed by atoms with van der Waals surface area (Å²) in [6.45, 7) is 3.40. The number of nitrogens with two attached hydrogens (primary N) is 1. The Labute approximate surface area is 111 Å². The van der Waals surface area contributed by atoms with Crippen LogP contribution < -0.4 is 5.73 Å². The van der Waals surface area contributed by atoms with Crippen molar-refractivity contribution in [3.63, 3.8) is 0 Å². The predicted molar refractivity (Wildman–Crippen MR) is 73.6 cm³/mol. The average Bonchev–Trinajstić information content (AvgIpc) is 2.99. The number of hydrogen-bond donors (Lipinski definition) is 1. The van der Waals surface area contributed by atoms with E-state index in [0.29, 0.717) is 6.54 Å². The highest BCUT2D eigenvalue weighted by molar-refractivity contribution is 5.94. The van der Waals surface area contributed by atoms with Crippen molar-refractivity contribution >= 4 is 11.0 Å². The van der Waals surface area contributed by atoms with Crippen LogP contribution in [0.1, 0.15) is 12.2 Å². The summed E-state index contributed by atoms with van der Waals surface area (Å²) >= 11 is 0. The van der Waals surface area contributed by atoms with Crippen LogP contribution in [0.25, 0.3) is 22.2 Å². The summed E-state index contributed by atoms with van der Waals surface area (Å²) in [4.78, 5) is 0. The summed E-state index contributed by atoms with van der Waals surface area (Å²) in [5.41, 5.74) is 8.25. The molecule has 0 saturated heterocycles. The highest BCUT2D eigenvalue weighted by atomic mass is 16.3. The van der Waals surface area contributed by atoms with E-state index in [1.54, 1.807) is 0 Å². The second-order valence-corrected chi connectivity index (χ2v) is 4.54. The zero-order chi connectivity index (χ0) is 13.2. The molecule has 0 aliphatic rings. The van der Waals surface area contributed by atoms with E-state index in [9.17, 15) is 0 Å². The maximum atomic E-state index is 5.75. The number of nitrogens with zero attached hydrogens (tertiary/aromatic N) is 3.